The maximum atomic E-state index is 14.0. The molecule has 9 rings (SSSR count). The van der Waals surface area contributed by atoms with E-state index in [0.717, 1.165) is 76.7 Å². The number of fused-ring (bicyclic) bond motifs is 3. The third-order valence-corrected chi connectivity index (χ3v) is 14.2. The van der Waals surface area contributed by atoms with Crippen molar-refractivity contribution in [1.82, 2.24) is 35.7 Å². The number of likely N-dealkylation sites (tertiary alicyclic amines) is 2. The van der Waals surface area contributed by atoms with Gasteiger partial charge in [0.25, 0.3) is 0 Å². The number of hydrogen-bond acceptors (Lipinski definition) is 10. The number of carbonyl (C=O) groups is 4. The number of ether oxygens (including phenoxy) is 3. The molecule has 3 aromatic carbocycles. The van der Waals surface area contributed by atoms with Crippen molar-refractivity contribution < 1.29 is 42.2 Å². The van der Waals surface area contributed by atoms with Crippen LogP contribution in [0.3, 0.4) is 0 Å². The third-order valence-electron chi connectivity index (χ3n) is 14.2. The smallest absolute Gasteiger partial charge is 0.407 e. The van der Waals surface area contributed by atoms with E-state index in [0.29, 0.717) is 31.3 Å². The molecule has 4 aromatic rings. The number of halogens is 2. The molecule has 2 aliphatic carbocycles. The maximum Gasteiger partial charge on any atom is 0.407 e. The lowest BCUT2D eigenvalue weighted by atomic mass is 9.95. The van der Waals surface area contributed by atoms with E-state index in [-0.39, 0.29) is 47.8 Å². The molecule has 2 bridgehead atoms. The zero-order chi connectivity index (χ0) is 45.6. The molecule has 344 valence electrons. The molecule has 5 aliphatic rings. The van der Waals surface area contributed by atoms with E-state index in [9.17, 15) is 28.0 Å². The standard InChI is InChI=1S/C48H56F2N8O7/c1-26(2)39(56-47(62)64-4)44(60)58-34-14-13-33(21-34)40(58)42-52-23-36(54-42)28-7-5-27(6-8-28)29-9-10-31-20-32(12-11-30(31)19-29)37-24-51-41(53-37)38-22-48(16-17-48)25-57(38)43(59)35(55-46(61)63-3)15-18-65-45(49)50/h5-12,19-20,24,26,33-36,38-40,45H,13-18,21-23,25H2,1-4H3,(H,51,53)(H,52,54)(H,55,61)(H,56,62)/t33-,34+,35-,36?,38-,39-,40-/m0/s1. The van der Waals surface area contributed by atoms with E-state index >= 15 is 0 Å². The van der Waals surface area contributed by atoms with Gasteiger partial charge in [-0.15, -0.1) is 0 Å². The fraction of sp³-hybridized carbons (Fsp3) is 0.500. The van der Waals surface area contributed by atoms with E-state index in [4.69, 9.17) is 19.5 Å². The van der Waals surface area contributed by atoms with E-state index < -0.39 is 43.4 Å². The van der Waals surface area contributed by atoms with Crippen molar-refractivity contribution in [3.8, 4) is 22.4 Å². The topological polar surface area (TPSA) is 180 Å². The van der Waals surface area contributed by atoms with Crippen LogP contribution in [0.1, 0.15) is 82.3 Å². The van der Waals surface area contributed by atoms with Crippen molar-refractivity contribution in [3.63, 3.8) is 0 Å². The lowest BCUT2D eigenvalue weighted by Crippen LogP contribution is -2.59. The van der Waals surface area contributed by atoms with Crippen LogP contribution in [0.25, 0.3) is 33.2 Å². The number of imidazole rings is 1. The van der Waals surface area contributed by atoms with Crippen molar-refractivity contribution in [2.75, 3.05) is 33.9 Å². The maximum absolute atomic E-state index is 14.0. The van der Waals surface area contributed by atoms with Crippen LogP contribution >= 0.6 is 0 Å². The number of methoxy groups -OCH3 is 2. The van der Waals surface area contributed by atoms with Gasteiger partial charge in [0.05, 0.1) is 57.4 Å². The fourth-order valence-corrected chi connectivity index (χ4v) is 10.5. The van der Waals surface area contributed by atoms with Crippen LogP contribution in [-0.4, -0.2) is 114 Å². The number of H-pyrrole nitrogens is 1. The number of rotatable bonds is 14. The van der Waals surface area contributed by atoms with E-state index in [1.54, 1.807) is 11.1 Å². The first-order chi connectivity index (χ1) is 31.3. The van der Waals surface area contributed by atoms with Gasteiger partial charge in [0.2, 0.25) is 11.8 Å². The molecule has 4 fully saturated rings. The summed E-state index contributed by atoms with van der Waals surface area (Å²) in [5.74, 6) is 1.22. The van der Waals surface area contributed by atoms with Gasteiger partial charge in [0.1, 0.15) is 23.7 Å². The number of alkyl carbamates (subject to hydrolysis) is 2. The number of nitrogens with zero attached hydrogens (tertiary/aromatic N) is 4. The molecule has 4 amide bonds. The molecule has 65 heavy (non-hydrogen) atoms. The van der Waals surface area contributed by atoms with Crippen LogP contribution in [0.15, 0.2) is 71.9 Å². The summed E-state index contributed by atoms with van der Waals surface area (Å²) in [6.07, 6.45) is 5.78. The molecule has 17 heteroatoms. The third kappa shape index (κ3) is 8.99. The summed E-state index contributed by atoms with van der Waals surface area (Å²) >= 11 is 0. The summed E-state index contributed by atoms with van der Waals surface area (Å²) < 4.78 is 39.5. The number of piperidine rings is 1. The minimum atomic E-state index is -2.99. The van der Waals surface area contributed by atoms with Crippen molar-refractivity contribution in [2.45, 2.75) is 102 Å². The van der Waals surface area contributed by atoms with Gasteiger partial charge >= 0.3 is 18.8 Å². The molecule has 0 radical (unpaired) electrons. The quantitative estimate of drug-likeness (QED) is 0.103. The molecule has 4 heterocycles. The number of aromatic nitrogens is 2. The number of amidine groups is 1. The summed E-state index contributed by atoms with van der Waals surface area (Å²) in [5, 5.41) is 11.1. The number of carbonyl (C=O) groups excluding carboxylic acids is 4. The minimum absolute atomic E-state index is 0.0186. The number of aromatic amines is 1. The Balaban J connectivity index is 0.858. The molecule has 1 spiro atoms. The number of aliphatic imine (C=N–C) groups is 1. The lowest BCUT2D eigenvalue weighted by Gasteiger charge is -2.38. The number of alkyl halides is 2. The normalized spacial score (nSPS) is 23.8. The highest BCUT2D eigenvalue weighted by molar-refractivity contribution is 5.96. The zero-order valence-electron chi connectivity index (χ0n) is 37.0. The van der Waals surface area contributed by atoms with Crippen molar-refractivity contribution >= 4 is 40.6 Å². The summed E-state index contributed by atoms with van der Waals surface area (Å²) in [6, 6.07) is 18.9. The summed E-state index contributed by atoms with van der Waals surface area (Å²) in [6.45, 7) is 1.51. The van der Waals surface area contributed by atoms with Crippen LogP contribution in [0.5, 0.6) is 0 Å². The molecule has 2 saturated heterocycles. The molecular weight excluding hydrogens is 839 g/mol. The Morgan fingerprint density at radius 1 is 0.892 bits per heavy atom. The highest BCUT2D eigenvalue weighted by Crippen LogP contribution is 2.58. The Morgan fingerprint density at radius 3 is 2.28 bits per heavy atom. The highest BCUT2D eigenvalue weighted by Gasteiger charge is 2.55. The van der Waals surface area contributed by atoms with Crippen LogP contribution < -0.4 is 16.0 Å². The summed E-state index contributed by atoms with van der Waals surface area (Å²) in [4.78, 5) is 69.0. The monoisotopic (exact) mass is 894 g/mol. The van der Waals surface area contributed by atoms with Crippen molar-refractivity contribution in [3.05, 3.63) is 78.2 Å². The van der Waals surface area contributed by atoms with E-state index in [2.05, 4.69) is 80.3 Å². The first-order valence-corrected chi connectivity index (χ1v) is 22.6. The largest absolute Gasteiger partial charge is 0.453 e. The fourth-order valence-electron chi connectivity index (χ4n) is 10.5. The average molecular weight is 895 g/mol. The summed E-state index contributed by atoms with van der Waals surface area (Å²) in [7, 11) is 2.48. The molecule has 1 aromatic heterocycles. The van der Waals surface area contributed by atoms with Crippen LogP contribution in [0.4, 0.5) is 18.4 Å². The van der Waals surface area contributed by atoms with Crippen LogP contribution in [0, 0.1) is 17.3 Å². The Morgan fingerprint density at radius 2 is 1.58 bits per heavy atom. The van der Waals surface area contributed by atoms with Crippen molar-refractivity contribution in [2.24, 2.45) is 22.2 Å². The average Bonchev–Trinajstić information content (AvgIpc) is 3.94. The summed E-state index contributed by atoms with van der Waals surface area (Å²) in [5.41, 5.74) is 4.97. The Labute approximate surface area is 376 Å². The predicted octanol–water partition coefficient (Wildman–Crippen LogP) is 7.11. The second-order valence-corrected chi connectivity index (χ2v) is 18.6. The van der Waals surface area contributed by atoms with Crippen LogP contribution in [0.2, 0.25) is 0 Å². The van der Waals surface area contributed by atoms with Gasteiger partial charge in [-0.25, -0.2) is 14.6 Å². The van der Waals surface area contributed by atoms with Crippen molar-refractivity contribution in [1.29, 1.82) is 0 Å². The van der Waals surface area contributed by atoms with Gasteiger partial charge in [0.15, 0.2) is 0 Å². The van der Waals surface area contributed by atoms with Gasteiger partial charge in [-0.05, 0) is 95.4 Å². The molecule has 15 nitrogen and oxygen atoms in total. The lowest BCUT2D eigenvalue weighted by molar-refractivity contribution is -0.141. The molecular formula is C48H56F2N8O7. The second kappa shape index (κ2) is 18.1. The van der Waals surface area contributed by atoms with Gasteiger partial charge in [-0.2, -0.15) is 8.78 Å². The minimum Gasteiger partial charge on any atom is -0.453 e. The Bertz CT molecular complexity index is 2470. The Kier molecular flexibility index (Phi) is 12.3. The Hall–Kier alpha value is -6.10. The number of amides is 4. The molecule has 2 saturated carbocycles. The highest BCUT2D eigenvalue weighted by atomic mass is 19.3. The second-order valence-electron chi connectivity index (χ2n) is 18.6. The molecule has 7 atom stereocenters. The van der Waals surface area contributed by atoms with E-state index in [1.807, 2.05) is 24.8 Å². The van der Waals surface area contributed by atoms with Gasteiger partial charge in [0, 0.05) is 24.6 Å². The van der Waals surface area contributed by atoms with Crippen LogP contribution in [-0.2, 0) is 23.8 Å². The van der Waals surface area contributed by atoms with Gasteiger partial charge in [-0.3, -0.25) is 14.6 Å². The first-order valence-electron chi connectivity index (χ1n) is 22.6. The molecule has 3 aliphatic heterocycles. The van der Waals surface area contributed by atoms with Gasteiger partial charge in [-0.1, -0.05) is 62.4 Å². The number of nitrogens with one attached hydrogen (secondary N) is 4. The number of benzene rings is 3. The number of hydrogen-bond donors (Lipinski definition) is 4. The zero-order valence-corrected chi connectivity index (χ0v) is 37.0. The first kappa shape index (κ1) is 44.1. The molecule has 1 unspecified atom stereocenters. The van der Waals surface area contributed by atoms with Gasteiger partial charge < -0.3 is 44.9 Å². The molecule has 4 N–H and O–H groups in total. The SMILES string of the molecule is COC(=O)N[C@@H](CCOC(F)F)C(=O)N1CC2(CC2)C[C@H]1c1ncc(-c2ccc3cc(-c4ccc(C5CN=C([C@@H]6[C@H]7CC[C@H](C7)N6C(=O)[C@@H](NC(=O)OC)C(C)C)N5)cc4)ccc3c2)[nH]1. The van der Waals surface area contributed by atoms with E-state index in [1.165, 1.54) is 14.2 Å². The predicted molar refractivity (Wildman–Crippen MR) is 238 cm³/mol.